The number of aliphatic imine (C=N–C) groups is 1. The fourth-order valence-corrected chi connectivity index (χ4v) is 4.03. The van der Waals surface area contributed by atoms with Crippen LogP contribution in [0.3, 0.4) is 0 Å². The van der Waals surface area contributed by atoms with Crippen molar-refractivity contribution in [3.63, 3.8) is 0 Å². The minimum absolute atomic E-state index is 0.106. The molecule has 2 N–H and O–H groups in total. The molecule has 0 radical (unpaired) electrons. The number of para-hydroxylation sites is 1. The van der Waals surface area contributed by atoms with E-state index in [1.165, 1.54) is 44.9 Å². The highest BCUT2D eigenvalue weighted by atomic mass is 79.9. The van der Waals surface area contributed by atoms with Crippen LogP contribution in [-0.4, -0.2) is 18.0 Å². The fourth-order valence-electron chi connectivity index (χ4n) is 3.57. The van der Waals surface area contributed by atoms with Gasteiger partial charge in [-0.05, 0) is 40.9 Å². The summed E-state index contributed by atoms with van der Waals surface area (Å²) in [4.78, 5) is 6.88. The third-order valence-corrected chi connectivity index (χ3v) is 5.29. The van der Waals surface area contributed by atoms with E-state index in [0.717, 1.165) is 16.7 Å². The van der Waals surface area contributed by atoms with Crippen molar-refractivity contribution in [1.29, 1.82) is 0 Å². The van der Waals surface area contributed by atoms with Crippen molar-refractivity contribution in [3.8, 4) is 0 Å². The molecule has 1 aliphatic heterocycles. The number of hydrogen-bond acceptors (Lipinski definition) is 3. The van der Waals surface area contributed by atoms with Crippen LogP contribution in [0.25, 0.3) is 0 Å². The first-order valence-corrected chi connectivity index (χ1v) is 8.37. The Labute approximate surface area is 129 Å². The molecule has 4 heteroatoms. The second-order valence-electron chi connectivity index (χ2n) is 5.95. The highest BCUT2D eigenvalue weighted by molar-refractivity contribution is 9.10. The monoisotopic (exact) mass is 335 g/mol. The van der Waals surface area contributed by atoms with Gasteiger partial charge in [0.15, 0.2) is 5.96 Å². The van der Waals surface area contributed by atoms with Crippen LogP contribution in [0, 0.1) is 0 Å². The first-order chi connectivity index (χ1) is 9.73. The molecule has 20 heavy (non-hydrogen) atoms. The van der Waals surface area contributed by atoms with Crippen molar-refractivity contribution in [2.24, 2.45) is 10.7 Å². The number of guanidine groups is 1. The van der Waals surface area contributed by atoms with Gasteiger partial charge in [-0.2, -0.15) is 0 Å². The zero-order valence-corrected chi connectivity index (χ0v) is 13.4. The molecule has 0 atom stereocenters. The standard InChI is InChI=1S/C16H22BrN3/c17-13-8-4-5-9-14(13)20-15(18)19-12-16(20)10-6-2-1-3-7-11-16/h4-5,8-9H,1-3,6-7,10-12H2,(H2,18,19). The maximum atomic E-state index is 6.23. The van der Waals surface area contributed by atoms with E-state index in [9.17, 15) is 0 Å². The highest BCUT2D eigenvalue weighted by Crippen LogP contribution is 2.40. The summed E-state index contributed by atoms with van der Waals surface area (Å²) >= 11 is 3.67. The maximum Gasteiger partial charge on any atom is 0.196 e. The van der Waals surface area contributed by atoms with Crippen molar-refractivity contribution in [3.05, 3.63) is 28.7 Å². The fraction of sp³-hybridized carbons (Fsp3) is 0.562. The van der Waals surface area contributed by atoms with E-state index in [1.807, 2.05) is 6.07 Å². The summed E-state index contributed by atoms with van der Waals surface area (Å²) in [7, 11) is 0. The number of anilines is 1. The summed E-state index contributed by atoms with van der Waals surface area (Å²) < 4.78 is 1.10. The molecule has 0 saturated heterocycles. The van der Waals surface area contributed by atoms with Crippen molar-refractivity contribution in [2.45, 2.75) is 50.5 Å². The Balaban J connectivity index is 1.96. The van der Waals surface area contributed by atoms with Crippen LogP contribution < -0.4 is 10.6 Å². The molecule has 1 aliphatic carbocycles. The first-order valence-electron chi connectivity index (χ1n) is 7.58. The van der Waals surface area contributed by atoms with Crippen LogP contribution >= 0.6 is 15.9 Å². The van der Waals surface area contributed by atoms with Crippen LogP contribution in [0.2, 0.25) is 0 Å². The van der Waals surface area contributed by atoms with Gasteiger partial charge in [0.2, 0.25) is 0 Å². The first kappa shape index (κ1) is 13.9. The van der Waals surface area contributed by atoms with E-state index in [2.05, 4.69) is 44.0 Å². The molecule has 108 valence electrons. The van der Waals surface area contributed by atoms with Crippen LogP contribution in [-0.2, 0) is 0 Å². The van der Waals surface area contributed by atoms with Gasteiger partial charge in [0, 0.05) is 4.47 Å². The average molecular weight is 336 g/mol. The zero-order chi connectivity index (χ0) is 14.0. The van der Waals surface area contributed by atoms with Gasteiger partial charge in [-0.25, -0.2) is 0 Å². The predicted octanol–water partition coefficient (Wildman–Crippen LogP) is 4.07. The van der Waals surface area contributed by atoms with Crippen LogP contribution in [0.15, 0.2) is 33.7 Å². The average Bonchev–Trinajstić information content (AvgIpc) is 2.73. The summed E-state index contributed by atoms with van der Waals surface area (Å²) in [6, 6.07) is 8.33. The molecular formula is C16H22BrN3. The summed E-state index contributed by atoms with van der Waals surface area (Å²) in [5.41, 5.74) is 7.50. The lowest BCUT2D eigenvalue weighted by molar-refractivity contribution is 0.337. The third-order valence-electron chi connectivity index (χ3n) is 4.62. The molecule has 3 nitrogen and oxygen atoms in total. The van der Waals surface area contributed by atoms with Crippen LogP contribution in [0.1, 0.15) is 44.9 Å². The van der Waals surface area contributed by atoms with E-state index in [4.69, 9.17) is 5.73 Å². The quantitative estimate of drug-likeness (QED) is 0.840. The molecule has 3 rings (SSSR count). The SMILES string of the molecule is NC1=NCC2(CCCCCCC2)N1c1ccccc1Br. The smallest absolute Gasteiger partial charge is 0.196 e. The Kier molecular flexibility index (Phi) is 4.01. The molecule has 1 aromatic rings. The number of nitrogens with zero attached hydrogens (tertiary/aromatic N) is 2. The largest absolute Gasteiger partial charge is 0.369 e. The maximum absolute atomic E-state index is 6.23. The van der Waals surface area contributed by atoms with Gasteiger partial charge >= 0.3 is 0 Å². The summed E-state index contributed by atoms with van der Waals surface area (Å²) in [5.74, 6) is 0.678. The number of benzene rings is 1. The van der Waals surface area contributed by atoms with Gasteiger partial charge in [0.05, 0.1) is 17.8 Å². The van der Waals surface area contributed by atoms with E-state index in [0.29, 0.717) is 5.96 Å². The predicted molar refractivity (Wildman–Crippen MR) is 88.2 cm³/mol. The topological polar surface area (TPSA) is 41.6 Å². The molecule has 1 spiro atoms. The normalized spacial score (nSPS) is 22.4. The molecule has 1 fully saturated rings. The summed E-state index contributed by atoms with van der Waals surface area (Å²) in [5, 5.41) is 0. The molecule has 0 unspecified atom stereocenters. The van der Waals surface area contributed by atoms with E-state index < -0.39 is 0 Å². The molecule has 2 aliphatic rings. The minimum Gasteiger partial charge on any atom is -0.369 e. The Morgan fingerprint density at radius 2 is 1.70 bits per heavy atom. The Bertz CT molecular complexity index is 504. The molecular weight excluding hydrogens is 314 g/mol. The second kappa shape index (κ2) is 5.76. The summed E-state index contributed by atoms with van der Waals surface area (Å²) in [6.07, 6.45) is 9.00. The Morgan fingerprint density at radius 1 is 1.05 bits per heavy atom. The summed E-state index contributed by atoms with van der Waals surface area (Å²) in [6.45, 7) is 0.847. The Hall–Kier alpha value is -1.03. The van der Waals surface area contributed by atoms with Gasteiger partial charge in [-0.3, -0.25) is 4.99 Å². The van der Waals surface area contributed by atoms with Crippen molar-refractivity contribution < 1.29 is 0 Å². The molecule has 0 bridgehead atoms. The highest BCUT2D eigenvalue weighted by Gasteiger charge is 2.43. The number of hydrogen-bond donors (Lipinski definition) is 1. The molecule has 1 aromatic carbocycles. The number of nitrogens with two attached hydrogens (primary N) is 1. The van der Waals surface area contributed by atoms with E-state index >= 15 is 0 Å². The zero-order valence-electron chi connectivity index (χ0n) is 11.8. The van der Waals surface area contributed by atoms with Gasteiger partial charge < -0.3 is 10.6 Å². The molecule has 1 saturated carbocycles. The lowest BCUT2D eigenvalue weighted by atomic mass is 9.83. The molecule has 0 aromatic heterocycles. The van der Waals surface area contributed by atoms with E-state index in [-0.39, 0.29) is 5.54 Å². The van der Waals surface area contributed by atoms with Crippen molar-refractivity contribution >= 4 is 27.6 Å². The third kappa shape index (κ3) is 2.46. The lowest BCUT2D eigenvalue weighted by Gasteiger charge is -2.41. The van der Waals surface area contributed by atoms with Gasteiger partial charge in [0.1, 0.15) is 0 Å². The van der Waals surface area contributed by atoms with E-state index in [1.54, 1.807) is 0 Å². The van der Waals surface area contributed by atoms with Gasteiger partial charge in [-0.1, -0.05) is 44.2 Å². The van der Waals surface area contributed by atoms with Gasteiger partial charge in [-0.15, -0.1) is 0 Å². The molecule has 1 heterocycles. The second-order valence-corrected chi connectivity index (χ2v) is 6.81. The number of rotatable bonds is 1. The molecule has 0 amide bonds. The van der Waals surface area contributed by atoms with Gasteiger partial charge in [0.25, 0.3) is 0 Å². The minimum atomic E-state index is 0.106. The van der Waals surface area contributed by atoms with Crippen molar-refractivity contribution in [2.75, 3.05) is 11.4 Å². The lowest BCUT2D eigenvalue weighted by Crippen LogP contribution is -2.52. The number of halogens is 1. The van der Waals surface area contributed by atoms with Crippen LogP contribution in [0.5, 0.6) is 0 Å². The Morgan fingerprint density at radius 3 is 2.40 bits per heavy atom. The van der Waals surface area contributed by atoms with Crippen LogP contribution in [0.4, 0.5) is 5.69 Å². The van der Waals surface area contributed by atoms with Crippen molar-refractivity contribution in [1.82, 2.24) is 0 Å².